The Morgan fingerprint density at radius 1 is 1.11 bits per heavy atom. The highest BCUT2D eigenvalue weighted by Gasteiger charge is 2.11. The van der Waals surface area contributed by atoms with E-state index in [1.165, 1.54) is 6.04 Å². The molecule has 0 aliphatic carbocycles. The van der Waals surface area contributed by atoms with Crippen molar-refractivity contribution >= 4 is 37.3 Å². The highest BCUT2D eigenvalue weighted by Crippen LogP contribution is 1.89. The predicted molar refractivity (Wildman–Crippen MR) is 101 cm³/mol. The number of hydrogen-bond acceptors (Lipinski definition) is 3. The van der Waals surface area contributed by atoms with Gasteiger partial charge in [-0.2, -0.15) is 0 Å². The summed E-state index contributed by atoms with van der Waals surface area (Å²) in [5, 5.41) is 0. The first-order chi connectivity index (χ1) is 9.07. The van der Waals surface area contributed by atoms with E-state index in [1.54, 1.807) is 0 Å². The monoisotopic (exact) mass is 329 g/mol. The van der Waals surface area contributed by atoms with Crippen molar-refractivity contribution in [2.45, 2.75) is 37.4 Å². The summed E-state index contributed by atoms with van der Waals surface area (Å²) in [4.78, 5) is 7.37. The molecule has 0 aromatic carbocycles. The van der Waals surface area contributed by atoms with Gasteiger partial charge in [0, 0.05) is 11.3 Å². The summed E-state index contributed by atoms with van der Waals surface area (Å²) >= 11 is 0. The smallest absolute Gasteiger partial charge is 0.130 e. The SMILES string of the molecule is C=CC(N[SiH2]C(C=C)N[SiH](C)C=C)[SiH2]N[SiH](C)CC. The summed E-state index contributed by atoms with van der Waals surface area (Å²) in [7, 11) is -2.25. The quantitative estimate of drug-likeness (QED) is 0.331. The molecule has 0 bridgehead atoms. The molecule has 0 rings (SSSR count). The van der Waals surface area contributed by atoms with Crippen LogP contribution in [0.25, 0.3) is 0 Å². The molecular weight excluding hydrogens is 298 g/mol. The Labute approximate surface area is 127 Å². The molecule has 110 valence electrons. The summed E-state index contributed by atoms with van der Waals surface area (Å²) in [5.74, 6) is 0. The third-order valence-electron chi connectivity index (χ3n) is 3.30. The van der Waals surface area contributed by atoms with Crippen molar-refractivity contribution < 1.29 is 0 Å². The van der Waals surface area contributed by atoms with E-state index < -0.39 is 17.9 Å². The zero-order valence-corrected chi connectivity index (χ0v) is 17.9. The van der Waals surface area contributed by atoms with Crippen LogP contribution in [0, 0.1) is 0 Å². The topological polar surface area (TPSA) is 36.1 Å². The van der Waals surface area contributed by atoms with E-state index in [9.17, 15) is 0 Å². The fourth-order valence-electron chi connectivity index (χ4n) is 1.61. The van der Waals surface area contributed by atoms with E-state index in [0.29, 0.717) is 11.3 Å². The van der Waals surface area contributed by atoms with Crippen LogP contribution in [0.2, 0.25) is 19.1 Å². The molecular formula is C12H31N3Si4. The lowest BCUT2D eigenvalue weighted by Crippen LogP contribution is -2.52. The summed E-state index contributed by atoms with van der Waals surface area (Å²) < 4.78 is 3.79. The van der Waals surface area contributed by atoms with Gasteiger partial charge in [-0.1, -0.05) is 43.9 Å². The lowest BCUT2D eigenvalue weighted by molar-refractivity contribution is 0.905. The molecule has 0 heterocycles. The Kier molecular flexibility index (Phi) is 11.7. The molecule has 0 aliphatic heterocycles. The number of nitrogens with one attached hydrogen (secondary N) is 3. The van der Waals surface area contributed by atoms with E-state index in [0.717, 1.165) is 0 Å². The minimum atomic E-state index is -0.952. The van der Waals surface area contributed by atoms with Gasteiger partial charge in [0.05, 0.1) is 8.96 Å². The first-order valence-electron chi connectivity index (χ1n) is 7.17. The summed E-state index contributed by atoms with van der Waals surface area (Å²) in [6.45, 7) is 18.7. The van der Waals surface area contributed by atoms with Crippen LogP contribution in [-0.4, -0.2) is 48.6 Å². The van der Waals surface area contributed by atoms with Crippen LogP contribution < -0.4 is 14.6 Å². The first-order valence-corrected chi connectivity index (χ1v) is 15.2. The van der Waals surface area contributed by atoms with E-state index in [4.69, 9.17) is 0 Å². The van der Waals surface area contributed by atoms with Crippen molar-refractivity contribution in [2.24, 2.45) is 0 Å². The molecule has 4 unspecified atom stereocenters. The van der Waals surface area contributed by atoms with Gasteiger partial charge >= 0.3 is 0 Å². The standard InChI is InChI=1S/C12H31N3Si4/c1-7-11(17-15-19(6)10-4)13-16-12(8-2)14-18(5)9-3/h7-9,11-15,18-19H,1-3,10,16-17H2,4-6H3. The first kappa shape index (κ1) is 19.0. The van der Waals surface area contributed by atoms with Gasteiger partial charge in [-0.25, -0.2) is 0 Å². The summed E-state index contributed by atoms with van der Waals surface area (Å²) in [5.41, 5.74) is 3.07. The third-order valence-corrected chi connectivity index (χ3v) is 13.8. The van der Waals surface area contributed by atoms with Crippen LogP contribution >= 0.6 is 0 Å². The minimum Gasteiger partial charge on any atom is -0.365 e. The minimum absolute atomic E-state index is 0.270. The van der Waals surface area contributed by atoms with Gasteiger partial charge in [0.2, 0.25) is 0 Å². The van der Waals surface area contributed by atoms with E-state index in [-0.39, 0.29) is 19.4 Å². The number of hydrogen-bond donors (Lipinski definition) is 3. The molecule has 0 saturated heterocycles. The molecule has 0 saturated carbocycles. The van der Waals surface area contributed by atoms with Crippen LogP contribution in [0.4, 0.5) is 0 Å². The average molecular weight is 330 g/mol. The zero-order valence-electron chi connectivity index (χ0n) is 12.8. The van der Waals surface area contributed by atoms with Crippen molar-refractivity contribution in [3.8, 4) is 0 Å². The Morgan fingerprint density at radius 3 is 2.21 bits per heavy atom. The zero-order chi connectivity index (χ0) is 14.7. The maximum atomic E-state index is 3.96. The van der Waals surface area contributed by atoms with E-state index in [2.05, 4.69) is 66.1 Å². The highest BCUT2D eigenvalue weighted by atomic mass is 28.3. The fraction of sp³-hybridized carbons (Fsp3) is 0.500. The average Bonchev–Trinajstić information content (AvgIpc) is 2.45. The van der Waals surface area contributed by atoms with Crippen molar-refractivity contribution in [1.29, 1.82) is 0 Å². The molecule has 0 aromatic rings. The Balaban J connectivity index is 4.05. The molecule has 0 radical (unpaired) electrons. The van der Waals surface area contributed by atoms with Crippen molar-refractivity contribution in [3.05, 3.63) is 37.6 Å². The second-order valence-corrected chi connectivity index (χ2v) is 14.6. The normalized spacial score (nSPS) is 18.5. The van der Waals surface area contributed by atoms with E-state index >= 15 is 0 Å². The fourth-order valence-corrected chi connectivity index (χ4v) is 10.1. The van der Waals surface area contributed by atoms with Gasteiger partial charge in [-0.15, -0.1) is 19.7 Å². The molecule has 3 N–H and O–H groups in total. The Morgan fingerprint density at radius 2 is 1.74 bits per heavy atom. The molecule has 0 amide bonds. The van der Waals surface area contributed by atoms with Gasteiger partial charge in [0.15, 0.2) is 0 Å². The molecule has 0 fully saturated rings. The lowest BCUT2D eigenvalue weighted by Gasteiger charge is -2.22. The summed E-state index contributed by atoms with van der Waals surface area (Å²) in [6, 6.07) is 1.33. The van der Waals surface area contributed by atoms with Crippen LogP contribution in [-0.2, 0) is 0 Å². The molecule has 4 atom stereocenters. The van der Waals surface area contributed by atoms with Gasteiger partial charge in [0.1, 0.15) is 28.3 Å². The maximum Gasteiger partial charge on any atom is 0.130 e. The third kappa shape index (κ3) is 9.49. The van der Waals surface area contributed by atoms with Gasteiger partial charge in [-0.05, 0) is 0 Å². The molecule has 0 spiro atoms. The van der Waals surface area contributed by atoms with Crippen LogP contribution in [0.1, 0.15) is 6.92 Å². The van der Waals surface area contributed by atoms with Crippen molar-refractivity contribution in [2.75, 3.05) is 0 Å². The number of rotatable bonds is 12. The maximum absolute atomic E-state index is 3.96. The second-order valence-electron chi connectivity index (χ2n) is 5.00. The Hall–Kier alpha value is -0.0325. The van der Waals surface area contributed by atoms with E-state index in [1.807, 2.05) is 6.08 Å². The highest BCUT2D eigenvalue weighted by molar-refractivity contribution is 6.65. The Bertz CT molecular complexity index is 276. The predicted octanol–water partition coefficient (Wildman–Crippen LogP) is -0.601. The van der Waals surface area contributed by atoms with Crippen molar-refractivity contribution in [1.82, 2.24) is 14.6 Å². The molecule has 3 nitrogen and oxygen atoms in total. The molecule has 19 heavy (non-hydrogen) atoms. The van der Waals surface area contributed by atoms with Crippen LogP contribution in [0.3, 0.4) is 0 Å². The molecule has 7 heteroatoms. The van der Waals surface area contributed by atoms with Crippen LogP contribution in [0.15, 0.2) is 37.6 Å². The lowest BCUT2D eigenvalue weighted by atomic mass is 10.6. The van der Waals surface area contributed by atoms with Gasteiger partial charge < -0.3 is 14.6 Å². The second kappa shape index (κ2) is 11.8. The van der Waals surface area contributed by atoms with Gasteiger partial charge in [-0.3, -0.25) is 0 Å². The van der Waals surface area contributed by atoms with Crippen LogP contribution in [0.5, 0.6) is 0 Å². The molecule has 0 aromatic heterocycles. The molecule has 0 aliphatic rings. The largest absolute Gasteiger partial charge is 0.365 e. The van der Waals surface area contributed by atoms with Crippen molar-refractivity contribution in [3.63, 3.8) is 0 Å². The summed E-state index contributed by atoms with van der Waals surface area (Å²) in [6.07, 6.45) is 4.13. The van der Waals surface area contributed by atoms with Gasteiger partial charge in [0.25, 0.3) is 0 Å².